The summed E-state index contributed by atoms with van der Waals surface area (Å²) in [6.07, 6.45) is -2.63. The molecule has 2 amide bonds. The maximum Gasteiger partial charge on any atom is 0.411 e. The molecule has 0 aromatic heterocycles. The summed E-state index contributed by atoms with van der Waals surface area (Å²) in [6.45, 7) is 5.15. The molecule has 8 atom stereocenters. The Balaban J connectivity index is 1.11. The molecule has 4 heterocycles. The van der Waals surface area contributed by atoms with E-state index >= 15 is 0 Å². The fourth-order valence-electron chi connectivity index (χ4n) is 6.73. The fourth-order valence-corrected chi connectivity index (χ4v) is 8.35. The number of aliphatic hydroxyl groups excluding tert-OH is 1. The number of sulfonamides is 1. The number of aliphatic hydroxyl groups is 1. The second kappa shape index (κ2) is 15.7. The minimum absolute atomic E-state index is 0.00891. The highest BCUT2D eigenvalue weighted by Gasteiger charge is 2.45. The average molecular weight is 704 g/mol. The van der Waals surface area contributed by atoms with Crippen LogP contribution in [0.3, 0.4) is 0 Å². The summed E-state index contributed by atoms with van der Waals surface area (Å²) < 4.78 is 62.5. The molecule has 6 rings (SSSR count). The highest BCUT2D eigenvalue weighted by Crippen LogP contribution is 2.34. The minimum atomic E-state index is -4.10. The molecule has 0 radical (unpaired) electrons. The zero-order valence-corrected chi connectivity index (χ0v) is 28.5. The Bertz CT molecular complexity index is 1530. The van der Waals surface area contributed by atoms with E-state index in [2.05, 4.69) is 10.6 Å². The Kier molecular flexibility index (Phi) is 11.4. The molecule has 15 heteroatoms. The van der Waals surface area contributed by atoms with Crippen LogP contribution in [0.1, 0.15) is 32.3 Å². The van der Waals surface area contributed by atoms with Gasteiger partial charge in [0.2, 0.25) is 10.0 Å². The summed E-state index contributed by atoms with van der Waals surface area (Å²) in [5, 5.41) is 17.0. The second-order valence-corrected chi connectivity index (χ2v) is 15.2. The quantitative estimate of drug-likeness (QED) is 0.280. The lowest BCUT2D eigenvalue weighted by Gasteiger charge is -2.31. The Morgan fingerprint density at radius 2 is 1.45 bits per heavy atom. The number of nitrogens with one attached hydrogen (secondary N) is 2. The van der Waals surface area contributed by atoms with E-state index in [-0.39, 0.29) is 68.0 Å². The number of carbonyl (C=O) groups excluding carboxylic acids is 2. The first-order chi connectivity index (χ1) is 23.6. The van der Waals surface area contributed by atoms with Crippen molar-refractivity contribution in [3.8, 4) is 0 Å². The van der Waals surface area contributed by atoms with Crippen LogP contribution in [0.4, 0.5) is 15.3 Å². The topological polar surface area (TPSA) is 171 Å². The van der Waals surface area contributed by atoms with Crippen LogP contribution >= 0.6 is 0 Å². The van der Waals surface area contributed by atoms with Gasteiger partial charge in [0, 0.05) is 18.8 Å². The monoisotopic (exact) mass is 703 g/mol. The first-order valence-electron chi connectivity index (χ1n) is 16.8. The van der Waals surface area contributed by atoms with E-state index in [1.54, 1.807) is 0 Å². The number of benzene rings is 2. The summed E-state index contributed by atoms with van der Waals surface area (Å²) in [5.74, 6) is -0.138. The molecule has 49 heavy (non-hydrogen) atoms. The largest absolute Gasteiger partial charge is 0.443 e. The summed E-state index contributed by atoms with van der Waals surface area (Å²) >= 11 is 0. The molecule has 0 aliphatic carbocycles. The van der Waals surface area contributed by atoms with Crippen molar-refractivity contribution in [1.29, 1.82) is 0 Å². The Labute approximate surface area is 286 Å². The normalized spacial score (nSPS) is 27.4. The van der Waals surface area contributed by atoms with Crippen molar-refractivity contribution in [2.24, 2.45) is 17.8 Å². The molecule has 4 unspecified atom stereocenters. The molecule has 4 fully saturated rings. The van der Waals surface area contributed by atoms with Crippen molar-refractivity contribution in [2.45, 2.75) is 74.9 Å². The Morgan fingerprint density at radius 1 is 0.857 bits per heavy atom. The van der Waals surface area contributed by atoms with E-state index < -0.39 is 46.6 Å². The van der Waals surface area contributed by atoms with Crippen molar-refractivity contribution in [3.05, 3.63) is 60.2 Å². The van der Waals surface area contributed by atoms with E-state index in [0.717, 1.165) is 12.0 Å². The fraction of sp³-hybridized carbons (Fsp3) is 0.588. The Morgan fingerprint density at radius 3 is 2.04 bits per heavy atom. The smallest absolute Gasteiger partial charge is 0.411 e. The number of fused-ring (bicyclic) bond motifs is 2. The molecule has 0 bridgehead atoms. The van der Waals surface area contributed by atoms with Gasteiger partial charge < -0.3 is 38.8 Å². The van der Waals surface area contributed by atoms with Crippen LogP contribution in [-0.4, -0.2) is 106 Å². The molecule has 268 valence electrons. The van der Waals surface area contributed by atoms with Crippen LogP contribution in [0.15, 0.2) is 59.5 Å². The van der Waals surface area contributed by atoms with Gasteiger partial charge in [-0.3, -0.25) is 5.32 Å². The van der Waals surface area contributed by atoms with Gasteiger partial charge in [0.25, 0.3) is 0 Å². The molecule has 2 aromatic carbocycles. The van der Waals surface area contributed by atoms with Gasteiger partial charge in [-0.25, -0.2) is 18.0 Å². The maximum atomic E-state index is 14.0. The van der Waals surface area contributed by atoms with Crippen molar-refractivity contribution >= 4 is 27.9 Å². The van der Waals surface area contributed by atoms with E-state index in [1.807, 2.05) is 44.2 Å². The number of amides is 2. The maximum absolute atomic E-state index is 14.0. The number of anilines is 1. The van der Waals surface area contributed by atoms with E-state index in [0.29, 0.717) is 25.3 Å². The second-order valence-electron chi connectivity index (χ2n) is 13.3. The van der Waals surface area contributed by atoms with Crippen molar-refractivity contribution in [1.82, 2.24) is 9.62 Å². The third-order valence-corrected chi connectivity index (χ3v) is 11.1. The standard InChI is InChI=1S/C34H45N3O11S/c1-21(2)17-37(49(41,42)24-10-8-23(9-11-24)35-33(39)47-29-19-45-31-25(29)12-14-43-31)18-28(38)27(16-22-6-4-3-5-7-22)36-34(40)48-30-20-46-32-26(30)13-15-44-32/h3-11,21,25-32,38H,12-20H2,1-2H3,(H,35,39)(H,36,40)/t25-,26?,27-,28+,29?,30?,31?,32-/m1/s1. The summed E-state index contributed by atoms with van der Waals surface area (Å²) in [7, 11) is -4.10. The predicted molar refractivity (Wildman–Crippen MR) is 175 cm³/mol. The van der Waals surface area contributed by atoms with Gasteiger partial charge in [0.05, 0.1) is 55.3 Å². The van der Waals surface area contributed by atoms with Crippen LogP contribution in [0, 0.1) is 17.8 Å². The number of alkyl carbamates (subject to hydrolysis) is 1. The minimum Gasteiger partial charge on any atom is -0.443 e. The highest BCUT2D eigenvalue weighted by atomic mass is 32.2. The Hall–Kier alpha value is -3.31. The lowest BCUT2D eigenvalue weighted by molar-refractivity contribution is -0.0909. The highest BCUT2D eigenvalue weighted by molar-refractivity contribution is 7.89. The zero-order chi connectivity index (χ0) is 34.5. The lowest BCUT2D eigenvalue weighted by atomic mass is 10.0. The van der Waals surface area contributed by atoms with E-state index in [9.17, 15) is 23.1 Å². The molecule has 0 spiro atoms. The number of hydrogen-bond acceptors (Lipinski definition) is 11. The number of ether oxygens (including phenoxy) is 6. The van der Waals surface area contributed by atoms with Gasteiger partial charge >= 0.3 is 12.2 Å². The number of hydrogen-bond donors (Lipinski definition) is 3. The SMILES string of the molecule is CC(C)CN(C[C@H](O)[C@@H](Cc1ccccc1)NC(=O)OC1CO[C@H]2OCCC12)S(=O)(=O)c1ccc(NC(=O)OC2COC3OCC[C@H]23)cc1. The van der Waals surface area contributed by atoms with E-state index in [1.165, 1.54) is 28.6 Å². The molecule has 0 saturated carbocycles. The third kappa shape index (κ3) is 8.71. The van der Waals surface area contributed by atoms with Gasteiger partial charge in [-0.05, 0) is 55.0 Å². The van der Waals surface area contributed by atoms with Crippen LogP contribution in [0.5, 0.6) is 0 Å². The molecular formula is C34H45N3O11S. The van der Waals surface area contributed by atoms with Gasteiger partial charge in [-0.15, -0.1) is 0 Å². The van der Waals surface area contributed by atoms with Crippen molar-refractivity contribution in [2.75, 3.05) is 44.8 Å². The van der Waals surface area contributed by atoms with Gasteiger partial charge in [-0.1, -0.05) is 44.2 Å². The zero-order valence-electron chi connectivity index (χ0n) is 27.6. The predicted octanol–water partition coefficient (Wildman–Crippen LogP) is 3.10. The van der Waals surface area contributed by atoms with Gasteiger partial charge in [0.15, 0.2) is 12.6 Å². The summed E-state index contributed by atoms with van der Waals surface area (Å²) in [4.78, 5) is 25.7. The third-order valence-electron chi connectivity index (χ3n) is 9.25. The van der Waals surface area contributed by atoms with Gasteiger partial charge in [0.1, 0.15) is 12.2 Å². The van der Waals surface area contributed by atoms with Crippen LogP contribution < -0.4 is 10.6 Å². The molecule has 14 nitrogen and oxygen atoms in total. The number of carbonyl (C=O) groups is 2. The van der Waals surface area contributed by atoms with Crippen molar-refractivity contribution < 1.29 is 51.5 Å². The first-order valence-corrected chi connectivity index (χ1v) is 18.2. The number of nitrogens with zero attached hydrogens (tertiary/aromatic N) is 1. The summed E-state index contributed by atoms with van der Waals surface area (Å²) in [6, 6.07) is 14.2. The molecule has 2 aromatic rings. The molecular weight excluding hydrogens is 658 g/mol. The average Bonchev–Trinajstić information content (AvgIpc) is 3.87. The summed E-state index contributed by atoms with van der Waals surface area (Å²) in [5.41, 5.74) is 1.20. The molecule has 4 aliphatic rings. The van der Waals surface area contributed by atoms with Crippen LogP contribution in [0.2, 0.25) is 0 Å². The lowest BCUT2D eigenvalue weighted by Crippen LogP contribution is -2.51. The van der Waals surface area contributed by atoms with Gasteiger partial charge in [-0.2, -0.15) is 4.31 Å². The molecule has 4 saturated heterocycles. The molecule has 4 aliphatic heterocycles. The van der Waals surface area contributed by atoms with Crippen molar-refractivity contribution in [3.63, 3.8) is 0 Å². The number of rotatable bonds is 13. The first kappa shape index (κ1) is 35.5. The van der Waals surface area contributed by atoms with Crippen LogP contribution in [-0.2, 0) is 44.9 Å². The molecule has 3 N–H and O–H groups in total. The van der Waals surface area contributed by atoms with E-state index in [4.69, 9.17) is 28.4 Å². The van der Waals surface area contributed by atoms with Crippen LogP contribution in [0.25, 0.3) is 0 Å².